The van der Waals surface area contributed by atoms with Gasteiger partial charge in [0, 0.05) is 30.8 Å². The minimum Gasteiger partial charge on any atom is -0.328 e. The summed E-state index contributed by atoms with van der Waals surface area (Å²) in [6.45, 7) is 3.07. The van der Waals surface area contributed by atoms with Gasteiger partial charge < -0.3 is 10.6 Å². The Morgan fingerprint density at radius 3 is 2.86 bits per heavy atom. The van der Waals surface area contributed by atoms with Crippen LogP contribution in [0.25, 0.3) is 0 Å². The maximum absolute atomic E-state index is 5.71. The molecule has 0 amide bonds. The number of nitrogens with zero attached hydrogens (tertiary/aromatic N) is 2. The molecule has 0 fully saturated rings. The fraction of sp³-hybridized carbons (Fsp3) is 0.700. The van der Waals surface area contributed by atoms with E-state index in [0.29, 0.717) is 0 Å². The number of rotatable bonds is 5. The van der Waals surface area contributed by atoms with Gasteiger partial charge in [-0.2, -0.15) is 0 Å². The zero-order valence-electron chi connectivity index (χ0n) is 9.16. The Bertz CT molecular complexity index is 268. The molecule has 0 saturated heterocycles. The second kappa shape index (κ2) is 5.44. The van der Waals surface area contributed by atoms with E-state index < -0.39 is 0 Å². The molecule has 0 aliphatic rings. The van der Waals surface area contributed by atoms with E-state index in [2.05, 4.69) is 29.4 Å². The van der Waals surface area contributed by atoms with Gasteiger partial charge in [0.2, 0.25) is 0 Å². The van der Waals surface area contributed by atoms with Crippen LogP contribution >= 0.6 is 11.3 Å². The van der Waals surface area contributed by atoms with E-state index >= 15 is 0 Å². The van der Waals surface area contributed by atoms with Crippen molar-refractivity contribution in [3.05, 3.63) is 16.1 Å². The molecule has 0 aliphatic carbocycles. The summed E-state index contributed by atoms with van der Waals surface area (Å²) in [7, 11) is 4.16. The molecule has 1 aromatic heterocycles. The summed E-state index contributed by atoms with van der Waals surface area (Å²) < 4.78 is 0. The number of hydrogen-bond donors (Lipinski definition) is 1. The highest BCUT2D eigenvalue weighted by Gasteiger charge is 2.04. The summed E-state index contributed by atoms with van der Waals surface area (Å²) in [6, 6.07) is 0.207. The zero-order chi connectivity index (χ0) is 10.6. The van der Waals surface area contributed by atoms with E-state index in [1.807, 2.05) is 6.92 Å². The van der Waals surface area contributed by atoms with Gasteiger partial charge in [-0.25, -0.2) is 4.98 Å². The molecule has 1 unspecified atom stereocenters. The lowest BCUT2D eigenvalue weighted by molar-refractivity contribution is 0.413. The molecule has 0 spiro atoms. The third kappa shape index (κ3) is 4.17. The molecule has 1 rings (SSSR count). The largest absolute Gasteiger partial charge is 0.328 e. The maximum Gasteiger partial charge on any atom is 0.0941 e. The second-order valence-corrected chi connectivity index (χ2v) is 4.91. The molecule has 1 aromatic rings. The van der Waals surface area contributed by atoms with Crippen molar-refractivity contribution in [3.63, 3.8) is 0 Å². The summed E-state index contributed by atoms with van der Waals surface area (Å²) in [5.74, 6) is 0. The van der Waals surface area contributed by atoms with Crippen LogP contribution in [0.4, 0.5) is 0 Å². The van der Waals surface area contributed by atoms with Gasteiger partial charge in [0.15, 0.2) is 0 Å². The lowest BCUT2D eigenvalue weighted by Crippen LogP contribution is -2.18. The third-order valence-corrected chi connectivity index (χ3v) is 2.86. The first-order valence-electron chi connectivity index (χ1n) is 4.91. The van der Waals surface area contributed by atoms with E-state index in [4.69, 9.17) is 5.73 Å². The van der Waals surface area contributed by atoms with Gasteiger partial charge in [-0.3, -0.25) is 0 Å². The van der Waals surface area contributed by atoms with Crippen LogP contribution in [0.15, 0.2) is 5.38 Å². The van der Waals surface area contributed by atoms with Gasteiger partial charge >= 0.3 is 0 Å². The van der Waals surface area contributed by atoms with Crippen LogP contribution in [0.3, 0.4) is 0 Å². The topological polar surface area (TPSA) is 42.1 Å². The van der Waals surface area contributed by atoms with Gasteiger partial charge in [-0.05, 0) is 21.0 Å². The normalized spacial score (nSPS) is 13.5. The van der Waals surface area contributed by atoms with Crippen LogP contribution < -0.4 is 5.73 Å². The summed E-state index contributed by atoms with van der Waals surface area (Å²) in [5, 5.41) is 3.34. The van der Waals surface area contributed by atoms with Crippen molar-refractivity contribution in [2.45, 2.75) is 25.8 Å². The van der Waals surface area contributed by atoms with Crippen LogP contribution in [-0.4, -0.2) is 36.6 Å². The number of nitrogens with two attached hydrogens (primary N) is 1. The van der Waals surface area contributed by atoms with Crippen LogP contribution in [0.1, 0.15) is 17.6 Å². The zero-order valence-corrected chi connectivity index (χ0v) is 9.97. The Kier molecular flexibility index (Phi) is 4.51. The minimum atomic E-state index is 0.207. The molecule has 0 aliphatic heterocycles. The quantitative estimate of drug-likeness (QED) is 0.797. The molecule has 0 bridgehead atoms. The molecule has 0 saturated carbocycles. The van der Waals surface area contributed by atoms with Crippen LogP contribution in [0.5, 0.6) is 0 Å². The van der Waals surface area contributed by atoms with Crippen molar-refractivity contribution in [2.75, 3.05) is 20.6 Å². The standard InChI is InChI=1S/C10H19N3S/c1-8(11)6-9-7-14-10(12-9)4-5-13(2)3/h7-8H,4-6,11H2,1-3H3. The molecule has 0 aromatic carbocycles. The maximum atomic E-state index is 5.71. The summed E-state index contributed by atoms with van der Waals surface area (Å²) in [5.41, 5.74) is 6.85. The Hall–Kier alpha value is -0.450. The van der Waals surface area contributed by atoms with Gasteiger partial charge in [0.05, 0.1) is 10.7 Å². The molecule has 2 N–H and O–H groups in total. The fourth-order valence-electron chi connectivity index (χ4n) is 1.21. The van der Waals surface area contributed by atoms with Crippen molar-refractivity contribution in [1.29, 1.82) is 0 Å². The highest BCUT2D eigenvalue weighted by molar-refractivity contribution is 7.09. The Balaban J connectivity index is 2.42. The van der Waals surface area contributed by atoms with Crippen LogP contribution in [0, 0.1) is 0 Å². The average molecular weight is 213 g/mol. The number of thiazole rings is 1. The van der Waals surface area contributed by atoms with E-state index in [9.17, 15) is 0 Å². The van der Waals surface area contributed by atoms with Gasteiger partial charge in [0.25, 0.3) is 0 Å². The molecule has 3 nitrogen and oxygen atoms in total. The minimum absolute atomic E-state index is 0.207. The van der Waals surface area contributed by atoms with Crippen molar-refractivity contribution < 1.29 is 0 Å². The van der Waals surface area contributed by atoms with Gasteiger partial charge in [-0.15, -0.1) is 11.3 Å². The van der Waals surface area contributed by atoms with E-state index in [-0.39, 0.29) is 6.04 Å². The molecular formula is C10H19N3S. The first-order chi connectivity index (χ1) is 6.58. The van der Waals surface area contributed by atoms with E-state index in [1.165, 1.54) is 5.01 Å². The highest BCUT2D eigenvalue weighted by Crippen LogP contribution is 2.11. The Morgan fingerprint density at radius 2 is 2.29 bits per heavy atom. The molecule has 4 heteroatoms. The molecular weight excluding hydrogens is 194 g/mol. The predicted molar refractivity (Wildman–Crippen MR) is 61.7 cm³/mol. The van der Waals surface area contributed by atoms with Crippen LogP contribution in [0.2, 0.25) is 0 Å². The lowest BCUT2D eigenvalue weighted by Gasteiger charge is -2.06. The molecule has 80 valence electrons. The summed E-state index contributed by atoms with van der Waals surface area (Å²) >= 11 is 1.74. The smallest absolute Gasteiger partial charge is 0.0941 e. The average Bonchev–Trinajstić information content (AvgIpc) is 2.47. The number of hydrogen-bond acceptors (Lipinski definition) is 4. The Morgan fingerprint density at radius 1 is 1.57 bits per heavy atom. The SMILES string of the molecule is CC(N)Cc1csc(CCN(C)C)n1. The molecule has 14 heavy (non-hydrogen) atoms. The number of aromatic nitrogens is 1. The number of likely N-dealkylation sites (N-methyl/N-ethyl adjacent to an activating group) is 1. The van der Waals surface area contributed by atoms with Crippen molar-refractivity contribution in [2.24, 2.45) is 5.73 Å². The van der Waals surface area contributed by atoms with E-state index in [0.717, 1.165) is 25.1 Å². The fourth-order valence-corrected chi connectivity index (χ4v) is 2.01. The van der Waals surface area contributed by atoms with Crippen molar-refractivity contribution >= 4 is 11.3 Å². The van der Waals surface area contributed by atoms with Crippen molar-refractivity contribution in [3.8, 4) is 0 Å². The molecule has 0 radical (unpaired) electrons. The lowest BCUT2D eigenvalue weighted by atomic mass is 10.2. The highest BCUT2D eigenvalue weighted by atomic mass is 32.1. The van der Waals surface area contributed by atoms with E-state index in [1.54, 1.807) is 11.3 Å². The third-order valence-electron chi connectivity index (χ3n) is 1.90. The molecule has 1 atom stereocenters. The van der Waals surface area contributed by atoms with Gasteiger partial charge in [0.1, 0.15) is 0 Å². The van der Waals surface area contributed by atoms with Crippen LogP contribution in [-0.2, 0) is 12.8 Å². The predicted octanol–water partition coefficient (Wildman–Crippen LogP) is 1.14. The summed E-state index contributed by atoms with van der Waals surface area (Å²) in [4.78, 5) is 6.71. The second-order valence-electron chi connectivity index (χ2n) is 3.97. The van der Waals surface area contributed by atoms with Crippen molar-refractivity contribution in [1.82, 2.24) is 9.88 Å². The summed E-state index contributed by atoms with van der Waals surface area (Å²) in [6.07, 6.45) is 1.93. The first-order valence-corrected chi connectivity index (χ1v) is 5.79. The monoisotopic (exact) mass is 213 g/mol. The Labute approximate surface area is 89.9 Å². The van der Waals surface area contributed by atoms with Gasteiger partial charge in [-0.1, -0.05) is 0 Å². The molecule has 1 heterocycles. The first kappa shape index (κ1) is 11.6.